The number of anilines is 2. The van der Waals surface area contributed by atoms with Gasteiger partial charge in [0, 0.05) is 37.2 Å². The number of nitrogens with zero attached hydrogens (tertiary/aromatic N) is 2. The van der Waals surface area contributed by atoms with Crippen LogP contribution in [-0.2, 0) is 7.05 Å². The molecule has 0 bridgehead atoms. The van der Waals surface area contributed by atoms with E-state index in [1.807, 2.05) is 43.6 Å². The van der Waals surface area contributed by atoms with E-state index >= 15 is 0 Å². The van der Waals surface area contributed by atoms with Crippen molar-refractivity contribution in [2.45, 2.75) is 26.8 Å². The van der Waals surface area contributed by atoms with Crippen LogP contribution < -0.4 is 10.2 Å². The van der Waals surface area contributed by atoms with Crippen LogP contribution in [0.15, 0.2) is 42.6 Å². The summed E-state index contributed by atoms with van der Waals surface area (Å²) in [4.78, 5) is 14.4. The minimum absolute atomic E-state index is 0.0912. The number of nitrogens with one attached hydrogen (secondary N) is 1. The van der Waals surface area contributed by atoms with Crippen LogP contribution in [0, 0.1) is 0 Å². The Hall–Kier alpha value is -2.23. The summed E-state index contributed by atoms with van der Waals surface area (Å²) in [6.45, 7) is 7.46. The van der Waals surface area contributed by atoms with Crippen molar-refractivity contribution >= 4 is 17.3 Å². The Kier molecular flexibility index (Phi) is 4.68. The number of hydrogen-bond acceptors (Lipinski definition) is 2. The minimum Gasteiger partial charge on any atom is -0.369 e. The van der Waals surface area contributed by atoms with Crippen LogP contribution >= 0.6 is 0 Å². The Morgan fingerprint density at radius 3 is 2.38 bits per heavy atom. The van der Waals surface area contributed by atoms with Crippen molar-refractivity contribution in [1.82, 2.24) is 4.57 Å². The van der Waals surface area contributed by atoms with Gasteiger partial charge in [0.15, 0.2) is 0 Å². The molecule has 0 aliphatic carbocycles. The second-order valence-corrected chi connectivity index (χ2v) is 5.39. The molecular weight excluding hydrogens is 262 g/mol. The monoisotopic (exact) mass is 285 g/mol. The third-order valence-corrected chi connectivity index (χ3v) is 3.60. The Bertz CT molecular complexity index is 599. The summed E-state index contributed by atoms with van der Waals surface area (Å²) < 4.78 is 1.81. The van der Waals surface area contributed by atoms with Crippen molar-refractivity contribution < 1.29 is 4.79 Å². The lowest BCUT2D eigenvalue weighted by atomic mass is 10.2. The number of carbonyl (C=O) groups is 1. The largest absolute Gasteiger partial charge is 0.369 e. The molecule has 0 aliphatic rings. The van der Waals surface area contributed by atoms with Gasteiger partial charge in [-0.25, -0.2) is 0 Å². The number of amides is 1. The summed E-state index contributed by atoms with van der Waals surface area (Å²) in [7, 11) is 1.86. The summed E-state index contributed by atoms with van der Waals surface area (Å²) >= 11 is 0. The molecule has 4 heteroatoms. The van der Waals surface area contributed by atoms with Crippen molar-refractivity contribution in [3.05, 3.63) is 48.3 Å². The van der Waals surface area contributed by atoms with Gasteiger partial charge in [-0.15, -0.1) is 0 Å². The topological polar surface area (TPSA) is 37.3 Å². The van der Waals surface area contributed by atoms with E-state index in [1.165, 1.54) is 5.69 Å². The molecule has 112 valence electrons. The van der Waals surface area contributed by atoms with Crippen LogP contribution in [0.3, 0.4) is 0 Å². The lowest BCUT2D eigenvalue weighted by Crippen LogP contribution is -2.30. The number of rotatable bonds is 5. The second kappa shape index (κ2) is 6.48. The number of carbonyl (C=O) groups excluding carboxylic acids is 1. The molecule has 0 saturated heterocycles. The standard InChI is InChI=1S/C17H23N3O/c1-5-20(13(2)3)15-10-8-14(9-11-15)18-17(21)16-7-6-12-19(16)4/h6-13H,5H2,1-4H3,(H,18,21). The van der Waals surface area contributed by atoms with Gasteiger partial charge in [-0.05, 0) is 57.2 Å². The van der Waals surface area contributed by atoms with E-state index in [9.17, 15) is 4.79 Å². The van der Waals surface area contributed by atoms with E-state index in [1.54, 1.807) is 10.6 Å². The fourth-order valence-electron chi connectivity index (χ4n) is 2.47. The van der Waals surface area contributed by atoms with Crippen molar-refractivity contribution in [1.29, 1.82) is 0 Å². The molecule has 2 rings (SSSR count). The van der Waals surface area contributed by atoms with Crippen molar-refractivity contribution in [3.8, 4) is 0 Å². The molecule has 1 aromatic heterocycles. The van der Waals surface area contributed by atoms with Crippen molar-refractivity contribution in [2.24, 2.45) is 7.05 Å². The summed E-state index contributed by atoms with van der Waals surface area (Å²) in [5.74, 6) is -0.0912. The molecule has 0 atom stereocenters. The van der Waals surface area contributed by atoms with Crippen molar-refractivity contribution in [3.63, 3.8) is 0 Å². The molecule has 4 nitrogen and oxygen atoms in total. The van der Waals surface area contributed by atoms with Crippen molar-refractivity contribution in [2.75, 3.05) is 16.8 Å². The zero-order valence-electron chi connectivity index (χ0n) is 13.1. The van der Waals surface area contributed by atoms with E-state index in [4.69, 9.17) is 0 Å². The van der Waals surface area contributed by atoms with Gasteiger partial charge in [0.05, 0.1) is 0 Å². The van der Waals surface area contributed by atoms with E-state index in [0.29, 0.717) is 11.7 Å². The number of hydrogen-bond donors (Lipinski definition) is 1. The lowest BCUT2D eigenvalue weighted by molar-refractivity contribution is 0.101. The quantitative estimate of drug-likeness (QED) is 0.912. The number of benzene rings is 1. The highest BCUT2D eigenvalue weighted by Gasteiger charge is 2.10. The average Bonchev–Trinajstić information content (AvgIpc) is 2.87. The van der Waals surface area contributed by atoms with Gasteiger partial charge in [-0.3, -0.25) is 4.79 Å². The van der Waals surface area contributed by atoms with Gasteiger partial charge in [-0.1, -0.05) is 0 Å². The average molecular weight is 285 g/mol. The molecule has 0 aliphatic heterocycles. The van der Waals surface area contributed by atoms with Gasteiger partial charge in [0.1, 0.15) is 5.69 Å². The summed E-state index contributed by atoms with van der Waals surface area (Å²) in [5, 5.41) is 2.92. The number of aryl methyl sites for hydroxylation is 1. The fourth-order valence-corrected chi connectivity index (χ4v) is 2.47. The Labute approximate surface area is 126 Å². The molecule has 0 unspecified atom stereocenters. The van der Waals surface area contributed by atoms with Crippen LogP contribution in [0.5, 0.6) is 0 Å². The predicted octanol–water partition coefficient (Wildman–Crippen LogP) is 3.51. The van der Waals surface area contributed by atoms with E-state index < -0.39 is 0 Å². The summed E-state index contributed by atoms with van der Waals surface area (Å²) in [6.07, 6.45) is 1.86. The molecule has 0 spiro atoms. The first kappa shape index (κ1) is 15.2. The third-order valence-electron chi connectivity index (χ3n) is 3.60. The minimum atomic E-state index is -0.0912. The van der Waals surface area contributed by atoms with Crippen LogP contribution in [0.25, 0.3) is 0 Å². The van der Waals surface area contributed by atoms with Crippen LogP contribution in [0.4, 0.5) is 11.4 Å². The maximum Gasteiger partial charge on any atom is 0.272 e. The molecule has 1 heterocycles. The first-order chi connectivity index (χ1) is 10.0. The van der Waals surface area contributed by atoms with Gasteiger partial charge in [0.2, 0.25) is 0 Å². The Morgan fingerprint density at radius 1 is 1.24 bits per heavy atom. The Morgan fingerprint density at radius 2 is 1.90 bits per heavy atom. The predicted molar refractivity (Wildman–Crippen MR) is 88.0 cm³/mol. The molecule has 2 aromatic rings. The molecule has 0 saturated carbocycles. The molecule has 1 N–H and O–H groups in total. The third kappa shape index (κ3) is 3.45. The van der Waals surface area contributed by atoms with E-state index in [0.717, 1.165) is 12.2 Å². The highest BCUT2D eigenvalue weighted by atomic mass is 16.1. The van der Waals surface area contributed by atoms with Crippen LogP contribution in [-0.4, -0.2) is 23.1 Å². The molecule has 1 aromatic carbocycles. The molecule has 0 fully saturated rings. The van der Waals surface area contributed by atoms with E-state index in [-0.39, 0.29) is 5.91 Å². The van der Waals surface area contributed by atoms with E-state index in [2.05, 4.69) is 31.0 Å². The van der Waals surface area contributed by atoms with Crippen LogP contribution in [0.2, 0.25) is 0 Å². The van der Waals surface area contributed by atoms with Gasteiger partial charge in [-0.2, -0.15) is 0 Å². The van der Waals surface area contributed by atoms with Crippen LogP contribution in [0.1, 0.15) is 31.3 Å². The van der Waals surface area contributed by atoms with Gasteiger partial charge >= 0.3 is 0 Å². The molecular formula is C17H23N3O. The summed E-state index contributed by atoms with van der Waals surface area (Å²) in [5.41, 5.74) is 2.63. The zero-order valence-corrected chi connectivity index (χ0v) is 13.1. The zero-order chi connectivity index (χ0) is 15.4. The highest BCUT2D eigenvalue weighted by molar-refractivity contribution is 6.03. The fraction of sp³-hybridized carbons (Fsp3) is 0.353. The van der Waals surface area contributed by atoms with Gasteiger partial charge < -0.3 is 14.8 Å². The molecule has 0 radical (unpaired) electrons. The molecule has 1 amide bonds. The SMILES string of the molecule is CCN(c1ccc(NC(=O)c2cccn2C)cc1)C(C)C. The normalized spacial score (nSPS) is 10.7. The first-order valence-electron chi connectivity index (χ1n) is 7.32. The highest BCUT2D eigenvalue weighted by Crippen LogP contribution is 2.20. The Balaban J connectivity index is 2.09. The maximum atomic E-state index is 12.1. The molecule has 21 heavy (non-hydrogen) atoms. The second-order valence-electron chi connectivity index (χ2n) is 5.39. The smallest absolute Gasteiger partial charge is 0.272 e. The summed E-state index contributed by atoms with van der Waals surface area (Å²) in [6, 6.07) is 12.1. The maximum absolute atomic E-state index is 12.1. The lowest BCUT2D eigenvalue weighted by Gasteiger charge is -2.27. The van der Waals surface area contributed by atoms with Gasteiger partial charge in [0.25, 0.3) is 5.91 Å². The first-order valence-corrected chi connectivity index (χ1v) is 7.32. The number of aromatic nitrogens is 1.